The summed E-state index contributed by atoms with van der Waals surface area (Å²) in [5.41, 5.74) is 13.7. The number of benzene rings is 7. The van der Waals surface area contributed by atoms with Gasteiger partial charge in [0.05, 0.1) is 0 Å². The molecule has 0 radical (unpaired) electrons. The Balaban J connectivity index is 1.04. The van der Waals surface area contributed by atoms with E-state index in [-0.39, 0.29) is 0 Å². The summed E-state index contributed by atoms with van der Waals surface area (Å²) in [7, 11) is 0. The van der Waals surface area contributed by atoms with Crippen LogP contribution in [-0.2, 0) is 0 Å². The standard InChI is InChI=1S/C53H35N5/c1-2-14-37(15-3-1)48-35-44(51-56-52(49-26-6-8-30-54-49)58-53(57-51)50-27-7-9-31-55-50)28-29-47(48)43-23-12-21-41(34-43)39-19-10-18-38(32-39)40-20-11-22-42(33-40)46-25-13-17-36-16-4-5-24-45(36)46/h1-35H. The zero-order valence-corrected chi connectivity index (χ0v) is 31.4. The van der Waals surface area contributed by atoms with Gasteiger partial charge in [0.1, 0.15) is 11.4 Å². The third-order valence-electron chi connectivity index (χ3n) is 10.5. The minimum Gasteiger partial charge on any atom is -0.253 e. The summed E-state index contributed by atoms with van der Waals surface area (Å²) in [4.78, 5) is 23.8. The normalized spacial score (nSPS) is 11.1. The molecule has 3 heterocycles. The van der Waals surface area contributed by atoms with Crippen molar-refractivity contribution in [1.29, 1.82) is 0 Å². The average Bonchev–Trinajstić information content (AvgIpc) is 3.32. The first kappa shape index (κ1) is 34.6. The van der Waals surface area contributed by atoms with Crippen molar-refractivity contribution in [2.24, 2.45) is 0 Å². The highest BCUT2D eigenvalue weighted by molar-refractivity contribution is 5.97. The monoisotopic (exact) mass is 741 g/mol. The molecule has 5 heteroatoms. The first-order valence-corrected chi connectivity index (χ1v) is 19.3. The highest BCUT2D eigenvalue weighted by Gasteiger charge is 2.17. The van der Waals surface area contributed by atoms with Gasteiger partial charge in [-0.05, 0) is 115 Å². The van der Waals surface area contributed by atoms with E-state index in [2.05, 4.69) is 168 Å². The number of rotatable bonds is 8. The van der Waals surface area contributed by atoms with E-state index in [1.54, 1.807) is 12.4 Å². The van der Waals surface area contributed by atoms with Gasteiger partial charge in [-0.15, -0.1) is 0 Å². The minimum absolute atomic E-state index is 0.492. The molecule has 3 aromatic heterocycles. The third kappa shape index (κ3) is 6.93. The maximum atomic E-state index is 4.95. The predicted octanol–water partition coefficient (Wildman–Crippen LogP) is 13.2. The smallest absolute Gasteiger partial charge is 0.182 e. The molecule has 0 spiro atoms. The number of fused-ring (bicyclic) bond motifs is 1. The van der Waals surface area contributed by atoms with Crippen molar-refractivity contribution < 1.29 is 0 Å². The largest absolute Gasteiger partial charge is 0.253 e. The topological polar surface area (TPSA) is 64.5 Å². The Morgan fingerprint density at radius 1 is 0.259 bits per heavy atom. The van der Waals surface area contributed by atoms with Gasteiger partial charge in [-0.1, -0.05) is 152 Å². The van der Waals surface area contributed by atoms with Crippen LogP contribution in [0.2, 0.25) is 0 Å². The van der Waals surface area contributed by atoms with Gasteiger partial charge in [-0.2, -0.15) is 0 Å². The first-order valence-electron chi connectivity index (χ1n) is 19.3. The molecule has 58 heavy (non-hydrogen) atoms. The lowest BCUT2D eigenvalue weighted by atomic mass is 9.90. The molecule has 272 valence electrons. The molecule has 5 nitrogen and oxygen atoms in total. The third-order valence-corrected chi connectivity index (χ3v) is 10.5. The van der Waals surface area contributed by atoms with Crippen LogP contribution < -0.4 is 0 Å². The Hall–Kier alpha value is -7.89. The van der Waals surface area contributed by atoms with Crippen molar-refractivity contribution in [3.05, 3.63) is 213 Å². The van der Waals surface area contributed by atoms with Crippen molar-refractivity contribution >= 4 is 10.8 Å². The quantitative estimate of drug-likeness (QED) is 0.155. The van der Waals surface area contributed by atoms with Gasteiger partial charge in [0.2, 0.25) is 0 Å². The second kappa shape index (κ2) is 15.3. The number of nitrogens with zero attached hydrogens (tertiary/aromatic N) is 5. The molecule has 10 rings (SSSR count). The second-order valence-electron chi connectivity index (χ2n) is 14.1. The molecule has 0 aliphatic carbocycles. The minimum atomic E-state index is 0.492. The Labute approximate surface area is 337 Å². The van der Waals surface area contributed by atoms with Crippen LogP contribution in [0.4, 0.5) is 0 Å². The fraction of sp³-hybridized carbons (Fsp3) is 0. The van der Waals surface area contributed by atoms with Crippen LogP contribution >= 0.6 is 0 Å². The number of pyridine rings is 2. The molecule has 10 aromatic rings. The van der Waals surface area contributed by atoms with E-state index >= 15 is 0 Å². The highest BCUT2D eigenvalue weighted by Crippen LogP contribution is 2.38. The molecular formula is C53H35N5. The van der Waals surface area contributed by atoms with Gasteiger partial charge in [0, 0.05) is 18.0 Å². The van der Waals surface area contributed by atoms with E-state index < -0.39 is 0 Å². The summed E-state index contributed by atoms with van der Waals surface area (Å²) in [5.74, 6) is 1.54. The summed E-state index contributed by atoms with van der Waals surface area (Å²) < 4.78 is 0. The lowest BCUT2D eigenvalue weighted by Crippen LogP contribution is -2.02. The molecular weight excluding hydrogens is 707 g/mol. The van der Waals surface area contributed by atoms with Crippen molar-refractivity contribution in [2.45, 2.75) is 0 Å². The van der Waals surface area contributed by atoms with Crippen LogP contribution in [0.25, 0.3) is 101 Å². The van der Waals surface area contributed by atoms with Crippen molar-refractivity contribution in [3.63, 3.8) is 0 Å². The van der Waals surface area contributed by atoms with E-state index in [1.165, 1.54) is 33.0 Å². The molecule has 0 aliphatic heterocycles. The van der Waals surface area contributed by atoms with E-state index in [9.17, 15) is 0 Å². The maximum absolute atomic E-state index is 4.95. The van der Waals surface area contributed by atoms with Gasteiger partial charge < -0.3 is 0 Å². The molecule has 0 fully saturated rings. The molecule has 0 atom stereocenters. The van der Waals surface area contributed by atoms with Crippen LogP contribution in [0.3, 0.4) is 0 Å². The van der Waals surface area contributed by atoms with Crippen LogP contribution in [0, 0.1) is 0 Å². The summed E-state index contributed by atoms with van der Waals surface area (Å²) in [6, 6.07) is 70.0. The van der Waals surface area contributed by atoms with Crippen LogP contribution in [0.15, 0.2) is 213 Å². The van der Waals surface area contributed by atoms with Crippen LogP contribution in [-0.4, -0.2) is 24.9 Å². The Bertz CT molecular complexity index is 2990. The SMILES string of the molecule is c1ccc(-c2cc(-c3nc(-c4ccccn4)nc(-c4ccccn4)n3)ccc2-c2cccc(-c3cccc(-c4cccc(-c5cccc6ccccc56)c4)c3)c2)cc1. The van der Waals surface area contributed by atoms with Gasteiger partial charge in [-0.3, -0.25) is 9.97 Å². The van der Waals surface area contributed by atoms with Crippen molar-refractivity contribution in [1.82, 2.24) is 24.9 Å². The van der Waals surface area contributed by atoms with Crippen molar-refractivity contribution in [3.8, 4) is 90.1 Å². The second-order valence-corrected chi connectivity index (χ2v) is 14.1. The summed E-state index contributed by atoms with van der Waals surface area (Å²) >= 11 is 0. The highest BCUT2D eigenvalue weighted by atomic mass is 15.1. The fourth-order valence-electron chi connectivity index (χ4n) is 7.60. The number of hydrogen-bond donors (Lipinski definition) is 0. The molecule has 0 unspecified atom stereocenters. The van der Waals surface area contributed by atoms with E-state index in [1.807, 2.05) is 42.5 Å². The van der Waals surface area contributed by atoms with Gasteiger partial charge in [-0.25, -0.2) is 15.0 Å². The first-order chi connectivity index (χ1) is 28.7. The van der Waals surface area contributed by atoms with E-state index in [4.69, 9.17) is 15.0 Å². The summed E-state index contributed by atoms with van der Waals surface area (Å²) in [5, 5.41) is 2.50. The fourth-order valence-corrected chi connectivity index (χ4v) is 7.60. The maximum Gasteiger partial charge on any atom is 0.182 e. The molecule has 0 saturated carbocycles. The van der Waals surface area contributed by atoms with Gasteiger partial charge in [0.15, 0.2) is 17.5 Å². The zero-order valence-electron chi connectivity index (χ0n) is 31.4. The Morgan fingerprint density at radius 2 is 0.741 bits per heavy atom. The van der Waals surface area contributed by atoms with E-state index in [0.29, 0.717) is 28.9 Å². The lowest BCUT2D eigenvalue weighted by Gasteiger charge is -2.15. The molecule has 7 aromatic carbocycles. The predicted molar refractivity (Wildman–Crippen MR) is 236 cm³/mol. The zero-order chi connectivity index (χ0) is 38.7. The Morgan fingerprint density at radius 3 is 1.36 bits per heavy atom. The van der Waals surface area contributed by atoms with E-state index in [0.717, 1.165) is 38.9 Å². The van der Waals surface area contributed by atoms with Crippen LogP contribution in [0.5, 0.6) is 0 Å². The molecule has 0 N–H and O–H groups in total. The van der Waals surface area contributed by atoms with Gasteiger partial charge >= 0.3 is 0 Å². The Kier molecular flexibility index (Phi) is 9.14. The summed E-state index contributed by atoms with van der Waals surface area (Å²) in [6.07, 6.45) is 3.49. The molecule has 0 aliphatic rings. The number of aromatic nitrogens is 5. The lowest BCUT2D eigenvalue weighted by molar-refractivity contribution is 1.05. The molecule has 0 amide bonds. The van der Waals surface area contributed by atoms with Crippen LogP contribution in [0.1, 0.15) is 0 Å². The molecule has 0 saturated heterocycles. The molecule has 0 bridgehead atoms. The number of hydrogen-bond acceptors (Lipinski definition) is 5. The van der Waals surface area contributed by atoms with Gasteiger partial charge in [0.25, 0.3) is 0 Å². The summed E-state index contributed by atoms with van der Waals surface area (Å²) in [6.45, 7) is 0. The average molecular weight is 742 g/mol. The van der Waals surface area contributed by atoms with Crippen molar-refractivity contribution in [2.75, 3.05) is 0 Å².